The van der Waals surface area contributed by atoms with Gasteiger partial charge in [0.1, 0.15) is 11.4 Å². The number of anilines is 1. The Balaban J connectivity index is 1.65. The van der Waals surface area contributed by atoms with E-state index < -0.39 is 16.6 Å². The zero-order chi connectivity index (χ0) is 19.6. The van der Waals surface area contributed by atoms with Gasteiger partial charge in [0.2, 0.25) is 5.91 Å². The molecule has 7 nitrogen and oxygen atoms in total. The van der Waals surface area contributed by atoms with E-state index in [0.717, 1.165) is 0 Å². The number of hydrogen-bond donors (Lipinski definition) is 1. The summed E-state index contributed by atoms with van der Waals surface area (Å²) in [5.74, 6) is -1.31. The van der Waals surface area contributed by atoms with Gasteiger partial charge in [-0.3, -0.25) is 19.7 Å². The number of benzene rings is 2. The van der Waals surface area contributed by atoms with Crippen LogP contribution < -0.4 is 10.2 Å². The molecule has 27 heavy (non-hydrogen) atoms. The van der Waals surface area contributed by atoms with Crippen molar-refractivity contribution in [2.45, 2.75) is 6.42 Å². The van der Waals surface area contributed by atoms with E-state index in [2.05, 4.69) is 5.32 Å². The number of hydrogen-bond acceptors (Lipinski definition) is 4. The molecule has 3 rings (SSSR count). The number of nitrogens with zero attached hydrogens (tertiary/aromatic N) is 2. The standard InChI is InChI=1S/C18H15ClFN3O4/c19-12-1-6-16(23(26)27)15(8-12)18(25)21-9-11-7-17(24)22(10-11)14-4-2-13(20)3-5-14/h1-6,8,11H,7,9-10H2,(H,21,25)/t11-/m1/s1. The highest BCUT2D eigenvalue weighted by atomic mass is 35.5. The maximum Gasteiger partial charge on any atom is 0.282 e. The van der Waals surface area contributed by atoms with Gasteiger partial charge < -0.3 is 10.2 Å². The molecule has 2 aromatic carbocycles. The van der Waals surface area contributed by atoms with Crippen molar-refractivity contribution in [2.24, 2.45) is 5.92 Å². The second-order valence-electron chi connectivity index (χ2n) is 6.18. The van der Waals surface area contributed by atoms with E-state index >= 15 is 0 Å². The molecule has 2 aromatic rings. The Kier molecular flexibility index (Phi) is 5.36. The van der Waals surface area contributed by atoms with Crippen molar-refractivity contribution < 1.29 is 18.9 Å². The van der Waals surface area contributed by atoms with E-state index in [-0.39, 0.29) is 41.1 Å². The minimum Gasteiger partial charge on any atom is -0.351 e. The van der Waals surface area contributed by atoms with E-state index in [9.17, 15) is 24.1 Å². The van der Waals surface area contributed by atoms with Gasteiger partial charge in [-0.1, -0.05) is 11.6 Å². The molecule has 0 spiro atoms. The summed E-state index contributed by atoms with van der Waals surface area (Å²) in [7, 11) is 0. The summed E-state index contributed by atoms with van der Waals surface area (Å²) in [4.78, 5) is 36.5. The number of nitro groups is 1. The molecular formula is C18H15ClFN3O4. The number of amides is 2. The van der Waals surface area contributed by atoms with Crippen LogP contribution in [0.25, 0.3) is 0 Å². The lowest BCUT2D eigenvalue weighted by atomic mass is 10.1. The second kappa shape index (κ2) is 7.71. The van der Waals surface area contributed by atoms with Gasteiger partial charge in [-0.25, -0.2) is 4.39 Å². The van der Waals surface area contributed by atoms with E-state index in [0.29, 0.717) is 12.2 Å². The SMILES string of the molecule is O=C(NC[C@H]1CC(=O)N(c2ccc(F)cc2)C1)c1cc(Cl)ccc1[N+](=O)[O-]. The Bertz CT molecular complexity index is 904. The summed E-state index contributed by atoms with van der Waals surface area (Å²) >= 11 is 5.83. The van der Waals surface area contributed by atoms with Gasteiger partial charge in [0.15, 0.2) is 0 Å². The van der Waals surface area contributed by atoms with E-state index in [1.165, 1.54) is 47.4 Å². The van der Waals surface area contributed by atoms with Crippen LogP contribution in [-0.2, 0) is 4.79 Å². The predicted octanol–water partition coefficient (Wildman–Crippen LogP) is 3.17. The topological polar surface area (TPSA) is 92.6 Å². The molecular weight excluding hydrogens is 377 g/mol. The molecule has 0 bridgehead atoms. The van der Waals surface area contributed by atoms with Crippen molar-refractivity contribution in [1.29, 1.82) is 0 Å². The molecule has 9 heteroatoms. The van der Waals surface area contributed by atoms with Crippen molar-refractivity contribution >= 4 is 34.8 Å². The van der Waals surface area contributed by atoms with Crippen molar-refractivity contribution in [1.82, 2.24) is 5.32 Å². The van der Waals surface area contributed by atoms with Crippen molar-refractivity contribution in [3.05, 3.63) is 69.0 Å². The molecule has 0 saturated carbocycles. The van der Waals surface area contributed by atoms with Crippen molar-refractivity contribution in [3.8, 4) is 0 Å². The highest BCUT2D eigenvalue weighted by Gasteiger charge is 2.31. The third kappa shape index (κ3) is 4.22. The van der Waals surface area contributed by atoms with Crippen LogP contribution in [0.3, 0.4) is 0 Å². The lowest BCUT2D eigenvalue weighted by Crippen LogP contribution is -2.31. The van der Waals surface area contributed by atoms with Gasteiger partial charge in [-0.15, -0.1) is 0 Å². The summed E-state index contributed by atoms with van der Waals surface area (Å²) in [6.45, 7) is 0.536. The molecule has 0 aliphatic carbocycles. The summed E-state index contributed by atoms with van der Waals surface area (Å²) in [6.07, 6.45) is 0.218. The second-order valence-corrected chi connectivity index (χ2v) is 6.62. The maximum absolute atomic E-state index is 13.0. The van der Waals surface area contributed by atoms with Crippen LogP contribution in [0.1, 0.15) is 16.8 Å². The highest BCUT2D eigenvalue weighted by Crippen LogP contribution is 2.26. The molecule has 1 N–H and O–H groups in total. The van der Waals surface area contributed by atoms with Crippen LogP contribution in [0.5, 0.6) is 0 Å². The molecule has 1 atom stereocenters. The number of rotatable bonds is 5. The van der Waals surface area contributed by atoms with Crippen LogP contribution in [0, 0.1) is 21.8 Å². The molecule has 0 aromatic heterocycles. The van der Waals surface area contributed by atoms with Crippen LogP contribution >= 0.6 is 11.6 Å². The first kappa shape index (κ1) is 18.8. The lowest BCUT2D eigenvalue weighted by molar-refractivity contribution is -0.385. The summed E-state index contributed by atoms with van der Waals surface area (Å²) < 4.78 is 13.0. The normalized spacial score (nSPS) is 16.4. The fourth-order valence-electron chi connectivity index (χ4n) is 2.97. The Morgan fingerprint density at radius 1 is 1.30 bits per heavy atom. The highest BCUT2D eigenvalue weighted by molar-refractivity contribution is 6.31. The summed E-state index contributed by atoms with van der Waals surface area (Å²) in [5.41, 5.74) is 0.111. The van der Waals surface area contributed by atoms with E-state index in [1.54, 1.807) is 0 Å². The average Bonchev–Trinajstić information content (AvgIpc) is 3.00. The fourth-order valence-corrected chi connectivity index (χ4v) is 3.14. The molecule has 0 unspecified atom stereocenters. The van der Waals surface area contributed by atoms with E-state index in [4.69, 9.17) is 11.6 Å². The van der Waals surface area contributed by atoms with Crippen molar-refractivity contribution in [2.75, 3.05) is 18.0 Å². The number of halogens is 2. The Morgan fingerprint density at radius 2 is 2.00 bits per heavy atom. The quantitative estimate of drug-likeness (QED) is 0.625. The number of nitro benzene ring substituents is 1. The minimum atomic E-state index is -0.652. The van der Waals surface area contributed by atoms with E-state index in [1.807, 2.05) is 0 Å². The van der Waals surface area contributed by atoms with Crippen LogP contribution in [0.15, 0.2) is 42.5 Å². The third-order valence-corrected chi connectivity index (χ3v) is 4.53. The smallest absolute Gasteiger partial charge is 0.282 e. The molecule has 1 heterocycles. The third-order valence-electron chi connectivity index (χ3n) is 4.29. The number of carbonyl (C=O) groups is 2. The van der Waals surface area contributed by atoms with Gasteiger partial charge in [0.25, 0.3) is 11.6 Å². The number of carbonyl (C=O) groups excluding carboxylic acids is 2. The fraction of sp³-hybridized carbons (Fsp3) is 0.222. The summed E-state index contributed by atoms with van der Waals surface area (Å²) in [6, 6.07) is 9.33. The van der Waals surface area contributed by atoms with Crippen LogP contribution in [-0.4, -0.2) is 29.8 Å². The average molecular weight is 392 g/mol. The Hall–Kier alpha value is -3.00. The number of nitrogens with one attached hydrogen (secondary N) is 1. The largest absolute Gasteiger partial charge is 0.351 e. The monoisotopic (exact) mass is 391 g/mol. The molecule has 2 amide bonds. The molecule has 1 saturated heterocycles. The van der Waals surface area contributed by atoms with Crippen molar-refractivity contribution in [3.63, 3.8) is 0 Å². The Morgan fingerprint density at radius 3 is 2.67 bits per heavy atom. The zero-order valence-corrected chi connectivity index (χ0v) is 14.8. The zero-order valence-electron chi connectivity index (χ0n) is 14.0. The summed E-state index contributed by atoms with van der Waals surface area (Å²) in [5, 5.41) is 13.9. The predicted molar refractivity (Wildman–Crippen MR) is 97.3 cm³/mol. The molecule has 1 aliphatic heterocycles. The first-order valence-corrected chi connectivity index (χ1v) is 8.51. The van der Waals surface area contributed by atoms with Gasteiger partial charge in [-0.05, 0) is 36.4 Å². The van der Waals surface area contributed by atoms with Gasteiger partial charge >= 0.3 is 0 Å². The first-order chi connectivity index (χ1) is 12.8. The Labute approximate surface area is 158 Å². The minimum absolute atomic E-state index is 0.130. The molecule has 1 aliphatic rings. The van der Waals surface area contributed by atoms with Crippen LogP contribution in [0.2, 0.25) is 5.02 Å². The lowest BCUT2D eigenvalue weighted by Gasteiger charge is -2.17. The molecule has 0 radical (unpaired) electrons. The molecule has 1 fully saturated rings. The first-order valence-electron chi connectivity index (χ1n) is 8.13. The van der Waals surface area contributed by atoms with Crippen LogP contribution in [0.4, 0.5) is 15.8 Å². The van der Waals surface area contributed by atoms with Gasteiger partial charge in [-0.2, -0.15) is 0 Å². The van der Waals surface area contributed by atoms with Gasteiger partial charge in [0.05, 0.1) is 4.92 Å². The maximum atomic E-state index is 13.0. The molecule has 140 valence electrons. The van der Waals surface area contributed by atoms with Gasteiger partial charge in [0, 0.05) is 42.2 Å².